The summed E-state index contributed by atoms with van der Waals surface area (Å²) in [5.74, 6) is -3.10. The first-order valence-electron chi connectivity index (χ1n) is 10.2. The van der Waals surface area contributed by atoms with Crippen LogP contribution in [0.3, 0.4) is 0 Å². The van der Waals surface area contributed by atoms with Gasteiger partial charge in [0.1, 0.15) is 17.9 Å². The predicted molar refractivity (Wildman–Crippen MR) is 129 cm³/mol. The highest BCUT2D eigenvalue weighted by atomic mass is 127. The smallest absolute Gasteiger partial charge is 0.406 e. The van der Waals surface area contributed by atoms with E-state index in [1.54, 1.807) is 22.1 Å². The minimum atomic E-state index is -4.71. The number of rotatable bonds is 5. The van der Waals surface area contributed by atoms with Crippen molar-refractivity contribution in [2.75, 3.05) is 25.4 Å². The van der Waals surface area contributed by atoms with Gasteiger partial charge < -0.3 is 10.5 Å². The predicted octanol–water partition coefficient (Wildman–Crippen LogP) is 5.36. The van der Waals surface area contributed by atoms with E-state index >= 15 is 0 Å². The molecule has 14 heteroatoms. The molecule has 1 aromatic carbocycles. The largest absolute Gasteiger partial charge is 0.573 e. The fraction of sp³-hybridized carbons (Fsp3) is 0.450. The number of fused-ring (bicyclic) bond motifs is 1. The Bertz CT molecular complexity index is 1080. The Morgan fingerprint density at radius 1 is 1.24 bits per heavy atom. The summed E-state index contributed by atoms with van der Waals surface area (Å²) in [5, 5.41) is 4.86. The maximum atomic E-state index is 13.6. The third-order valence-electron chi connectivity index (χ3n) is 5.34. The molecule has 1 fully saturated rings. The first kappa shape index (κ1) is 26.7. The van der Waals surface area contributed by atoms with Crippen molar-refractivity contribution in [3.8, 4) is 5.75 Å². The molecule has 7 nitrogen and oxygen atoms in total. The number of nitrogen functional groups attached to an aromatic ring is 1. The molecular formula is C20H22F5IN6OS. The van der Waals surface area contributed by atoms with Gasteiger partial charge in [0, 0.05) is 33.7 Å². The van der Waals surface area contributed by atoms with Crippen LogP contribution < -0.4 is 10.5 Å². The Morgan fingerprint density at radius 3 is 2.56 bits per heavy atom. The van der Waals surface area contributed by atoms with Crippen molar-refractivity contribution in [1.29, 1.82) is 0 Å². The molecule has 1 aliphatic rings. The molecule has 0 bridgehead atoms. The highest BCUT2D eigenvalue weighted by Gasteiger charge is 2.41. The zero-order valence-corrected chi connectivity index (χ0v) is 20.9. The fourth-order valence-electron chi connectivity index (χ4n) is 3.35. The van der Waals surface area contributed by atoms with E-state index in [1.807, 2.05) is 0 Å². The Hall–Kier alpha value is -1.94. The van der Waals surface area contributed by atoms with Gasteiger partial charge in [-0.2, -0.15) is 9.19 Å². The summed E-state index contributed by atoms with van der Waals surface area (Å²) in [4.78, 5) is 9.61. The molecule has 1 atom stereocenters. The zero-order valence-electron chi connectivity index (χ0n) is 18.0. The van der Waals surface area contributed by atoms with Crippen LogP contribution >= 0.6 is 30.3 Å². The number of hydrogen-bond donors (Lipinski definition) is 1. The summed E-state index contributed by atoms with van der Waals surface area (Å²) in [6.45, 7) is 2.37. The lowest BCUT2D eigenvalue weighted by molar-refractivity contribution is -0.274. The van der Waals surface area contributed by atoms with Gasteiger partial charge in [0.2, 0.25) is 0 Å². The average Bonchev–Trinajstić information content (AvgIpc) is 3.19. The average molecular weight is 616 g/mol. The van der Waals surface area contributed by atoms with E-state index < -0.39 is 18.2 Å². The van der Waals surface area contributed by atoms with Crippen LogP contribution in [-0.2, 0) is 6.42 Å². The molecule has 1 aliphatic heterocycles. The molecule has 2 aromatic heterocycles. The van der Waals surface area contributed by atoms with Crippen LogP contribution in [0.25, 0.3) is 11.0 Å². The lowest BCUT2D eigenvalue weighted by Crippen LogP contribution is -2.48. The molecule has 0 aliphatic carbocycles. The molecule has 4 rings (SSSR count). The Kier molecular flexibility index (Phi) is 8.78. The van der Waals surface area contributed by atoms with Crippen molar-refractivity contribution in [3.63, 3.8) is 0 Å². The molecule has 1 unspecified atom stereocenters. The van der Waals surface area contributed by atoms with E-state index in [4.69, 9.17) is 5.73 Å². The van der Waals surface area contributed by atoms with Gasteiger partial charge in [0.25, 0.3) is 5.92 Å². The number of halogens is 6. The number of likely N-dealkylation sites (tertiary alicyclic amines) is 1. The number of aromatic nitrogens is 4. The van der Waals surface area contributed by atoms with E-state index in [1.165, 1.54) is 39.7 Å². The van der Waals surface area contributed by atoms with Crippen molar-refractivity contribution >= 4 is 47.2 Å². The molecule has 0 saturated carbocycles. The van der Waals surface area contributed by atoms with E-state index in [-0.39, 0.29) is 12.3 Å². The topological polar surface area (TPSA) is 82.1 Å². The van der Waals surface area contributed by atoms with Crippen molar-refractivity contribution in [3.05, 3.63) is 42.4 Å². The van der Waals surface area contributed by atoms with Gasteiger partial charge in [-0.05, 0) is 37.1 Å². The second kappa shape index (κ2) is 11.2. The SMILES string of the molecule is CC1CCN(CCc2ccc(OC(F)(F)F)cc2)CC1(F)F.Nc1ncnc2c1cnn2SI. The highest BCUT2D eigenvalue weighted by molar-refractivity contribution is 14.2. The van der Waals surface area contributed by atoms with Gasteiger partial charge in [-0.3, -0.25) is 4.90 Å². The van der Waals surface area contributed by atoms with E-state index in [0.29, 0.717) is 31.7 Å². The molecule has 34 heavy (non-hydrogen) atoms. The number of piperidine rings is 1. The van der Waals surface area contributed by atoms with Gasteiger partial charge in [-0.15, -0.1) is 13.2 Å². The quantitative estimate of drug-likeness (QED) is 0.306. The molecule has 1 saturated heterocycles. The minimum absolute atomic E-state index is 0.260. The molecule has 186 valence electrons. The number of benzene rings is 1. The normalized spacial score (nSPS) is 18.4. The monoisotopic (exact) mass is 616 g/mol. The third kappa shape index (κ3) is 7.28. The second-order valence-electron chi connectivity index (χ2n) is 7.75. The number of nitrogens with zero attached hydrogens (tertiary/aromatic N) is 5. The van der Waals surface area contributed by atoms with Crippen LogP contribution in [0.5, 0.6) is 5.75 Å². The van der Waals surface area contributed by atoms with E-state index in [9.17, 15) is 22.0 Å². The third-order valence-corrected chi connectivity index (χ3v) is 6.86. The van der Waals surface area contributed by atoms with Crippen molar-refractivity contribution < 1.29 is 26.7 Å². The lowest BCUT2D eigenvalue weighted by Gasteiger charge is -2.36. The number of anilines is 1. The van der Waals surface area contributed by atoms with Gasteiger partial charge in [0.15, 0.2) is 5.65 Å². The number of ether oxygens (including phenoxy) is 1. The Morgan fingerprint density at radius 2 is 1.94 bits per heavy atom. The van der Waals surface area contributed by atoms with Crippen LogP contribution in [0.1, 0.15) is 18.9 Å². The second-order valence-corrected chi connectivity index (χ2v) is 9.42. The van der Waals surface area contributed by atoms with Gasteiger partial charge in [-0.1, -0.05) is 19.1 Å². The maximum absolute atomic E-state index is 13.6. The summed E-state index contributed by atoms with van der Waals surface area (Å²) < 4.78 is 68.8. The Balaban J connectivity index is 0.000000226. The summed E-state index contributed by atoms with van der Waals surface area (Å²) in [6, 6.07) is 5.50. The minimum Gasteiger partial charge on any atom is -0.406 e. The summed E-state index contributed by atoms with van der Waals surface area (Å²) in [5.41, 5.74) is 7.15. The van der Waals surface area contributed by atoms with Crippen molar-refractivity contribution in [2.45, 2.75) is 32.1 Å². The lowest BCUT2D eigenvalue weighted by atomic mass is 9.94. The van der Waals surface area contributed by atoms with Crippen LogP contribution in [0.4, 0.5) is 27.8 Å². The zero-order chi connectivity index (χ0) is 24.9. The Labute approximate surface area is 209 Å². The van der Waals surface area contributed by atoms with Gasteiger partial charge >= 0.3 is 6.36 Å². The van der Waals surface area contributed by atoms with Crippen LogP contribution in [0, 0.1) is 5.92 Å². The summed E-state index contributed by atoms with van der Waals surface area (Å²) in [7, 11) is 1.44. The van der Waals surface area contributed by atoms with Crippen LogP contribution in [0.15, 0.2) is 36.8 Å². The van der Waals surface area contributed by atoms with Gasteiger partial charge in [-0.25, -0.2) is 18.7 Å². The molecule has 0 radical (unpaired) electrons. The fourth-order valence-corrected chi connectivity index (χ4v) is 4.51. The van der Waals surface area contributed by atoms with E-state index in [0.717, 1.165) is 16.6 Å². The number of nitrogens with two attached hydrogens (primary N) is 1. The summed E-state index contributed by atoms with van der Waals surface area (Å²) in [6.07, 6.45) is -0.654. The van der Waals surface area contributed by atoms with Crippen LogP contribution in [0.2, 0.25) is 0 Å². The molecular weight excluding hydrogens is 594 g/mol. The molecule has 3 aromatic rings. The maximum Gasteiger partial charge on any atom is 0.573 e. The molecule has 3 heterocycles. The summed E-state index contributed by atoms with van der Waals surface area (Å²) >= 11 is 2.13. The molecule has 0 spiro atoms. The first-order valence-corrected chi connectivity index (χ1v) is 13.5. The van der Waals surface area contributed by atoms with Gasteiger partial charge in [0.05, 0.1) is 27.2 Å². The first-order chi connectivity index (χ1) is 16.0. The van der Waals surface area contributed by atoms with E-state index in [2.05, 4.69) is 41.0 Å². The highest BCUT2D eigenvalue weighted by Crippen LogP contribution is 2.32. The number of alkyl halides is 5. The van der Waals surface area contributed by atoms with Crippen LogP contribution in [-0.4, -0.2) is 56.0 Å². The standard InChI is InChI=1S/C15H18F5NO.C5H4IN5S/c1-11-6-8-21(10-14(11,16)17)9-7-12-2-4-13(5-3-12)22-15(18,19)20;6-12-11-5-3(1-10-11)4(7)8-2-9-5/h2-5,11H,6-10H2,1H3;1-2H,(H2,7,8,9). The van der Waals surface area contributed by atoms with Crippen molar-refractivity contribution in [2.24, 2.45) is 5.92 Å². The van der Waals surface area contributed by atoms with Crippen molar-refractivity contribution in [1.82, 2.24) is 24.1 Å². The molecule has 0 amide bonds. The molecule has 2 N–H and O–H groups in total. The number of hydrogen-bond acceptors (Lipinski definition) is 7.